The number of aromatic nitrogens is 2. The quantitative estimate of drug-likeness (QED) is 0.135. The molecule has 370 valence electrons. The number of hydrogen-bond donors (Lipinski definition) is 0. The number of anilines is 4. The number of para-hydroxylation sites is 2. The van der Waals surface area contributed by atoms with E-state index in [-0.39, 0.29) is 48.1 Å². The standard InChI is InChI=1S/C66H67N4O.Pt/c1-62(2,3)46-28-31-57-56(39-46)55-30-29-53(42-60(55)70(57)61-40-47(32-33-67-61)65(10,11)44-22-16-14-17-23-44)71-54-38-50(66(12,13)45-24-18-15-19-25-45)37-52(41-54)69-43-68(58-26-20-21-27-59(58)69)51-35-48(63(4,5)6)34-49(36-51)64(7,8)9;/h14-40,43H,1-13H3;/q-3;. The second-order valence-corrected chi connectivity index (χ2v) is 23.6. The first kappa shape index (κ1) is 50.5. The van der Waals surface area contributed by atoms with Crippen molar-refractivity contribution in [1.82, 2.24) is 9.55 Å². The van der Waals surface area contributed by atoms with Crippen LogP contribution in [-0.2, 0) is 48.1 Å². The number of ether oxygens (including phenoxy) is 1. The number of hydrogen-bond acceptors (Lipinski definition) is 4. The summed E-state index contributed by atoms with van der Waals surface area (Å²) in [6, 6.07) is 64.6. The van der Waals surface area contributed by atoms with Gasteiger partial charge in [-0.25, -0.2) is 4.98 Å². The Labute approximate surface area is 443 Å². The smallest absolute Gasteiger partial charge is 0.135 e. The Bertz CT molecular complexity index is 3410. The van der Waals surface area contributed by atoms with E-state index >= 15 is 0 Å². The van der Waals surface area contributed by atoms with Gasteiger partial charge in [-0.05, 0) is 103 Å². The maximum Gasteiger partial charge on any atom is 0.135 e. The molecule has 0 bridgehead atoms. The van der Waals surface area contributed by atoms with Crippen molar-refractivity contribution in [3.63, 3.8) is 0 Å². The van der Waals surface area contributed by atoms with Crippen LogP contribution in [0.4, 0.5) is 22.7 Å². The Morgan fingerprint density at radius 1 is 0.444 bits per heavy atom. The number of pyridine rings is 1. The van der Waals surface area contributed by atoms with Gasteiger partial charge in [0.05, 0.1) is 0 Å². The van der Waals surface area contributed by atoms with E-state index in [9.17, 15) is 0 Å². The van der Waals surface area contributed by atoms with Gasteiger partial charge in [-0.15, -0.1) is 53.6 Å². The van der Waals surface area contributed by atoms with Crippen molar-refractivity contribution >= 4 is 44.6 Å². The Morgan fingerprint density at radius 3 is 1.61 bits per heavy atom. The van der Waals surface area contributed by atoms with E-state index in [4.69, 9.17) is 9.72 Å². The van der Waals surface area contributed by atoms with Crippen LogP contribution in [0.15, 0.2) is 164 Å². The van der Waals surface area contributed by atoms with Gasteiger partial charge >= 0.3 is 0 Å². The summed E-state index contributed by atoms with van der Waals surface area (Å²) in [5, 5.41) is 2.24. The number of rotatable bonds is 9. The van der Waals surface area contributed by atoms with Crippen molar-refractivity contribution in [3.05, 3.63) is 222 Å². The van der Waals surface area contributed by atoms with Gasteiger partial charge in [0.25, 0.3) is 0 Å². The molecule has 72 heavy (non-hydrogen) atoms. The van der Waals surface area contributed by atoms with Crippen molar-refractivity contribution in [1.29, 1.82) is 0 Å². The van der Waals surface area contributed by atoms with E-state index in [2.05, 4.69) is 281 Å². The molecule has 9 aromatic rings. The molecule has 6 heteroatoms. The van der Waals surface area contributed by atoms with E-state index in [1.54, 1.807) is 0 Å². The number of benzene rings is 7. The third kappa shape index (κ3) is 9.42. The molecule has 0 unspecified atom stereocenters. The molecule has 1 aliphatic rings. The fourth-order valence-electron chi connectivity index (χ4n) is 9.98. The zero-order chi connectivity index (χ0) is 50.3. The van der Waals surface area contributed by atoms with Crippen LogP contribution in [0.3, 0.4) is 0 Å². The molecule has 2 aromatic heterocycles. The molecule has 1 aliphatic heterocycles. The summed E-state index contributed by atoms with van der Waals surface area (Å²) in [5.74, 6) is 2.03. The molecule has 3 heterocycles. The molecule has 0 radical (unpaired) electrons. The van der Waals surface area contributed by atoms with Gasteiger partial charge in [0.15, 0.2) is 0 Å². The normalized spacial score (nSPS) is 13.4. The van der Waals surface area contributed by atoms with Crippen molar-refractivity contribution in [3.8, 4) is 17.3 Å². The van der Waals surface area contributed by atoms with Gasteiger partial charge in [-0.2, -0.15) is 6.07 Å². The van der Waals surface area contributed by atoms with E-state index in [1.165, 1.54) is 33.4 Å². The van der Waals surface area contributed by atoms with E-state index in [0.717, 1.165) is 55.9 Å². The summed E-state index contributed by atoms with van der Waals surface area (Å²) in [4.78, 5) is 9.66. The van der Waals surface area contributed by atoms with Crippen LogP contribution in [0, 0.1) is 18.8 Å². The monoisotopic (exact) mass is 1130 g/mol. The molecule has 10 rings (SSSR count). The van der Waals surface area contributed by atoms with Gasteiger partial charge in [-0.3, -0.25) is 0 Å². The van der Waals surface area contributed by atoms with Gasteiger partial charge in [-0.1, -0.05) is 187 Å². The second kappa shape index (κ2) is 18.6. The Balaban J connectivity index is 0.00000640. The Hall–Kier alpha value is -6.42. The van der Waals surface area contributed by atoms with Crippen LogP contribution in [0.2, 0.25) is 0 Å². The SMILES string of the molecule is CC(C)(C)c1cc(N2[CH-]N(c3[c-]c(Oc4[c-]c5c(cc4)c4cc(C(C)(C)C)ccc4n5-c4cc(C(C)(C)c5ccccc5)ccn4)cc(C(C)(C)c4ccccc4)c3)c3ccccc32)cc(C(C)(C)C)c1.[Pt]. The van der Waals surface area contributed by atoms with Gasteiger partial charge < -0.3 is 19.1 Å². The molecule has 0 amide bonds. The zero-order valence-electron chi connectivity index (χ0n) is 44.2. The van der Waals surface area contributed by atoms with Crippen molar-refractivity contribution in [2.75, 3.05) is 9.80 Å². The average molecular weight is 1130 g/mol. The fraction of sp³-hybridized carbons (Fsp3) is 0.273. The van der Waals surface area contributed by atoms with Crippen molar-refractivity contribution < 1.29 is 25.8 Å². The van der Waals surface area contributed by atoms with Crippen LogP contribution >= 0.6 is 0 Å². The van der Waals surface area contributed by atoms with Crippen LogP contribution < -0.4 is 14.5 Å². The Morgan fingerprint density at radius 2 is 1.01 bits per heavy atom. The molecule has 0 spiro atoms. The first-order valence-electron chi connectivity index (χ1n) is 25.1. The third-order valence-electron chi connectivity index (χ3n) is 14.8. The first-order chi connectivity index (χ1) is 33.6. The van der Waals surface area contributed by atoms with Crippen LogP contribution in [0.25, 0.3) is 27.6 Å². The van der Waals surface area contributed by atoms with E-state index in [0.29, 0.717) is 11.5 Å². The van der Waals surface area contributed by atoms with Gasteiger partial charge in [0.2, 0.25) is 0 Å². The molecular formula is C66H67N4OPt-3. The molecule has 5 nitrogen and oxygen atoms in total. The molecule has 0 aliphatic carbocycles. The van der Waals surface area contributed by atoms with Crippen molar-refractivity contribution in [2.45, 2.75) is 117 Å². The molecule has 0 saturated heterocycles. The minimum absolute atomic E-state index is 0. The van der Waals surface area contributed by atoms with Gasteiger partial charge in [0, 0.05) is 66.8 Å². The zero-order valence-corrected chi connectivity index (χ0v) is 46.5. The summed E-state index contributed by atoms with van der Waals surface area (Å²) >= 11 is 0. The number of fused-ring (bicyclic) bond motifs is 4. The maximum absolute atomic E-state index is 7.07. The number of nitrogens with zero attached hydrogens (tertiary/aromatic N) is 4. The topological polar surface area (TPSA) is 33.5 Å². The molecule has 0 saturated carbocycles. The van der Waals surface area contributed by atoms with E-state index < -0.39 is 0 Å². The minimum atomic E-state index is -0.375. The average Bonchev–Trinajstić information content (AvgIpc) is 3.89. The predicted molar refractivity (Wildman–Crippen MR) is 297 cm³/mol. The molecule has 0 N–H and O–H groups in total. The summed E-state index contributed by atoms with van der Waals surface area (Å²) in [5.41, 5.74) is 14.1. The van der Waals surface area contributed by atoms with Crippen LogP contribution in [-0.4, -0.2) is 9.55 Å². The minimum Gasteiger partial charge on any atom is -0.509 e. The predicted octanol–water partition coefficient (Wildman–Crippen LogP) is 17.5. The molecule has 0 atom stereocenters. The molecule has 0 fully saturated rings. The summed E-state index contributed by atoms with van der Waals surface area (Å²) in [6.07, 6.45) is 1.94. The Kier molecular flexibility index (Phi) is 13.0. The van der Waals surface area contributed by atoms with Crippen LogP contribution in [0.5, 0.6) is 11.5 Å². The summed E-state index contributed by atoms with van der Waals surface area (Å²) in [6.45, 7) is 31.9. The van der Waals surface area contributed by atoms with Crippen molar-refractivity contribution in [2.24, 2.45) is 0 Å². The van der Waals surface area contributed by atoms with Crippen LogP contribution in [0.1, 0.15) is 129 Å². The van der Waals surface area contributed by atoms with Gasteiger partial charge in [0.1, 0.15) is 5.82 Å². The first-order valence-corrected chi connectivity index (χ1v) is 25.1. The maximum atomic E-state index is 7.07. The third-order valence-corrected chi connectivity index (χ3v) is 14.8. The summed E-state index contributed by atoms with van der Waals surface area (Å²) < 4.78 is 9.32. The second-order valence-electron chi connectivity index (χ2n) is 23.6. The summed E-state index contributed by atoms with van der Waals surface area (Å²) in [7, 11) is 0. The molecular weight excluding hydrogens is 1060 g/mol. The fourth-order valence-corrected chi connectivity index (χ4v) is 9.98. The largest absolute Gasteiger partial charge is 0.509 e. The van der Waals surface area contributed by atoms with E-state index in [1.807, 2.05) is 6.20 Å². The molecule has 7 aromatic carbocycles.